The van der Waals surface area contributed by atoms with Crippen LogP contribution in [0.25, 0.3) is 0 Å². The topological polar surface area (TPSA) is 53.3 Å². The Morgan fingerprint density at radius 3 is 2.72 bits per heavy atom. The minimum Gasteiger partial charge on any atom is -0.465 e. The molecule has 2 rings (SSSR count). The van der Waals surface area contributed by atoms with E-state index in [1.807, 2.05) is 48.3 Å². The van der Waals surface area contributed by atoms with Crippen molar-refractivity contribution in [3.05, 3.63) is 59.1 Å². The van der Waals surface area contributed by atoms with Crippen LogP contribution in [0.3, 0.4) is 0 Å². The summed E-state index contributed by atoms with van der Waals surface area (Å²) in [5, 5.41) is 9.13. The fourth-order valence-corrected chi connectivity index (χ4v) is 1.91. The molecule has 0 aromatic carbocycles. The lowest BCUT2D eigenvalue weighted by atomic mass is 10.1. The second kappa shape index (κ2) is 4.76. The first-order chi connectivity index (χ1) is 8.69. The zero-order valence-corrected chi connectivity index (χ0v) is 10.2. The first-order valence-electron chi connectivity index (χ1n) is 5.45. The molecule has 2 aliphatic heterocycles. The average Bonchev–Trinajstić information content (AvgIpc) is 2.39. The number of fused-ring (bicyclic) bond motifs is 1. The van der Waals surface area contributed by atoms with Gasteiger partial charge in [0.05, 0.1) is 12.8 Å². The Labute approximate surface area is 105 Å². The smallest absolute Gasteiger partial charge is 0.350 e. The van der Waals surface area contributed by atoms with Crippen LogP contribution in [-0.4, -0.2) is 18.0 Å². The van der Waals surface area contributed by atoms with Gasteiger partial charge >= 0.3 is 5.97 Å². The molecule has 4 nitrogen and oxygen atoms in total. The number of carbonyl (C=O) groups excluding carboxylic acids is 1. The van der Waals surface area contributed by atoms with Gasteiger partial charge < -0.3 is 9.64 Å². The van der Waals surface area contributed by atoms with Gasteiger partial charge in [-0.05, 0) is 31.2 Å². The predicted octanol–water partition coefficient (Wildman–Crippen LogP) is 2.17. The highest BCUT2D eigenvalue weighted by atomic mass is 16.5. The molecule has 0 bridgehead atoms. The van der Waals surface area contributed by atoms with Crippen LogP contribution in [0.15, 0.2) is 59.1 Å². The van der Waals surface area contributed by atoms with Crippen LogP contribution in [-0.2, 0) is 9.53 Å². The summed E-state index contributed by atoms with van der Waals surface area (Å²) >= 11 is 0. The molecular weight excluding hydrogens is 228 g/mol. The molecule has 0 amide bonds. The van der Waals surface area contributed by atoms with E-state index < -0.39 is 5.97 Å². The van der Waals surface area contributed by atoms with Gasteiger partial charge in [-0.2, -0.15) is 5.26 Å². The maximum absolute atomic E-state index is 11.6. The molecule has 90 valence electrons. The van der Waals surface area contributed by atoms with Crippen molar-refractivity contribution in [3.63, 3.8) is 0 Å². The number of hydrogen-bond donors (Lipinski definition) is 0. The summed E-state index contributed by atoms with van der Waals surface area (Å²) in [5.41, 5.74) is 2.41. The van der Waals surface area contributed by atoms with Gasteiger partial charge in [0, 0.05) is 11.4 Å². The summed E-state index contributed by atoms with van der Waals surface area (Å²) in [5.74, 6) is -0.624. The molecule has 0 fully saturated rings. The summed E-state index contributed by atoms with van der Waals surface area (Å²) in [6.07, 6.45) is 11.2. The van der Waals surface area contributed by atoms with E-state index >= 15 is 0 Å². The SMILES string of the molecule is COC(=O)/C(C#N)=C1\C=CC=C2C=CC=C(C)N21. The van der Waals surface area contributed by atoms with Crippen LogP contribution in [0.1, 0.15) is 6.92 Å². The Bertz CT molecular complexity index is 583. The molecule has 0 aliphatic carbocycles. The Kier molecular flexibility index (Phi) is 3.16. The zero-order valence-electron chi connectivity index (χ0n) is 10.2. The van der Waals surface area contributed by atoms with Crippen LogP contribution >= 0.6 is 0 Å². The highest BCUT2D eigenvalue weighted by Gasteiger charge is 2.24. The van der Waals surface area contributed by atoms with Gasteiger partial charge in [-0.25, -0.2) is 4.79 Å². The molecule has 18 heavy (non-hydrogen) atoms. The molecule has 0 radical (unpaired) electrons. The number of carbonyl (C=O) groups is 1. The van der Waals surface area contributed by atoms with Crippen LogP contribution < -0.4 is 0 Å². The van der Waals surface area contributed by atoms with Crippen LogP contribution in [0, 0.1) is 11.3 Å². The van der Waals surface area contributed by atoms with Crippen LogP contribution in [0.5, 0.6) is 0 Å². The Morgan fingerprint density at radius 2 is 2.06 bits per heavy atom. The Morgan fingerprint density at radius 1 is 1.33 bits per heavy atom. The van der Waals surface area contributed by atoms with Crippen molar-refractivity contribution in [2.75, 3.05) is 7.11 Å². The van der Waals surface area contributed by atoms with Gasteiger partial charge in [-0.15, -0.1) is 0 Å². The number of esters is 1. The van der Waals surface area contributed by atoms with E-state index in [0.717, 1.165) is 11.4 Å². The Balaban J connectivity index is 2.56. The highest BCUT2D eigenvalue weighted by Crippen LogP contribution is 2.30. The molecule has 0 saturated heterocycles. The number of ether oxygens (including phenoxy) is 1. The first-order valence-corrected chi connectivity index (χ1v) is 5.45. The van der Waals surface area contributed by atoms with Crippen molar-refractivity contribution in [2.45, 2.75) is 6.92 Å². The van der Waals surface area contributed by atoms with Crippen molar-refractivity contribution in [1.82, 2.24) is 4.90 Å². The fraction of sp³-hybridized carbons (Fsp3) is 0.143. The number of methoxy groups -OCH3 is 1. The largest absolute Gasteiger partial charge is 0.465 e. The lowest BCUT2D eigenvalue weighted by Crippen LogP contribution is -2.25. The molecule has 0 atom stereocenters. The van der Waals surface area contributed by atoms with E-state index in [-0.39, 0.29) is 5.57 Å². The van der Waals surface area contributed by atoms with Crippen molar-refractivity contribution in [1.29, 1.82) is 5.26 Å². The van der Waals surface area contributed by atoms with E-state index in [0.29, 0.717) is 5.70 Å². The van der Waals surface area contributed by atoms with Gasteiger partial charge in [0.25, 0.3) is 0 Å². The van der Waals surface area contributed by atoms with Gasteiger partial charge in [-0.3, -0.25) is 0 Å². The van der Waals surface area contributed by atoms with Crippen molar-refractivity contribution in [2.24, 2.45) is 0 Å². The standard InChI is InChI=1S/C14H12N2O2/c1-10-5-3-6-11-7-4-8-13(16(10)11)12(9-15)14(17)18-2/h3-8H,1-2H3/b13-12+. The second-order valence-corrected chi connectivity index (χ2v) is 3.82. The summed E-state index contributed by atoms with van der Waals surface area (Å²) in [7, 11) is 1.27. The third-order valence-corrected chi connectivity index (χ3v) is 2.73. The maximum atomic E-state index is 11.6. The van der Waals surface area contributed by atoms with Crippen molar-refractivity contribution >= 4 is 5.97 Å². The molecule has 0 aromatic rings. The lowest BCUT2D eigenvalue weighted by Gasteiger charge is -2.31. The van der Waals surface area contributed by atoms with E-state index in [9.17, 15) is 4.79 Å². The van der Waals surface area contributed by atoms with E-state index in [1.165, 1.54) is 7.11 Å². The quantitative estimate of drug-likeness (QED) is 0.400. The average molecular weight is 240 g/mol. The first kappa shape index (κ1) is 11.9. The molecule has 2 heterocycles. The molecule has 4 heteroatoms. The van der Waals surface area contributed by atoms with Crippen molar-refractivity contribution in [3.8, 4) is 6.07 Å². The monoisotopic (exact) mass is 240 g/mol. The van der Waals surface area contributed by atoms with Crippen molar-refractivity contribution < 1.29 is 9.53 Å². The number of rotatable bonds is 1. The molecule has 0 aromatic heterocycles. The number of nitriles is 1. The third kappa shape index (κ3) is 1.87. The summed E-state index contributed by atoms with van der Waals surface area (Å²) in [4.78, 5) is 13.5. The van der Waals surface area contributed by atoms with Crippen LogP contribution in [0.4, 0.5) is 0 Å². The molecule has 0 spiro atoms. The summed E-state index contributed by atoms with van der Waals surface area (Å²) < 4.78 is 4.63. The van der Waals surface area contributed by atoms with Gasteiger partial charge in [-0.1, -0.05) is 12.2 Å². The van der Waals surface area contributed by atoms with E-state index in [2.05, 4.69) is 4.74 Å². The number of nitrogens with zero attached hydrogens (tertiary/aromatic N) is 2. The molecule has 0 saturated carbocycles. The van der Waals surface area contributed by atoms with Gasteiger partial charge in [0.15, 0.2) is 5.57 Å². The van der Waals surface area contributed by atoms with E-state index in [4.69, 9.17) is 5.26 Å². The number of hydrogen-bond acceptors (Lipinski definition) is 4. The molecule has 0 unspecified atom stereocenters. The van der Waals surface area contributed by atoms with Crippen LogP contribution in [0.2, 0.25) is 0 Å². The summed E-state index contributed by atoms with van der Waals surface area (Å²) in [6.45, 7) is 1.92. The minimum absolute atomic E-state index is 0.00222. The molecular formula is C14H12N2O2. The van der Waals surface area contributed by atoms with Gasteiger partial charge in [0.2, 0.25) is 0 Å². The molecule has 0 N–H and O–H groups in total. The van der Waals surface area contributed by atoms with E-state index in [1.54, 1.807) is 6.08 Å². The second-order valence-electron chi connectivity index (χ2n) is 3.82. The van der Waals surface area contributed by atoms with Gasteiger partial charge in [0.1, 0.15) is 6.07 Å². The maximum Gasteiger partial charge on any atom is 0.350 e. The molecule has 2 aliphatic rings. The third-order valence-electron chi connectivity index (χ3n) is 2.73. The predicted molar refractivity (Wildman–Crippen MR) is 66.6 cm³/mol. The highest BCUT2D eigenvalue weighted by molar-refractivity contribution is 5.94. The Hall–Kier alpha value is -2.54. The normalized spacial score (nSPS) is 19.5. The lowest BCUT2D eigenvalue weighted by molar-refractivity contribution is -0.135. The fourth-order valence-electron chi connectivity index (χ4n) is 1.91. The number of allylic oxidation sites excluding steroid dienone is 7. The summed E-state index contributed by atoms with van der Waals surface area (Å²) in [6, 6.07) is 1.91. The minimum atomic E-state index is -0.624. The zero-order chi connectivity index (χ0) is 13.1.